The van der Waals surface area contributed by atoms with E-state index in [2.05, 4.69) is 5.32 Å². The molecule has 2 N–H and O–H groups in total. The van der Waals surface area contributed by atoms with Gasteiger partial charge in [-0.3, -0.25) is 9.59 Å². The highest BCUT2D eigenvalue weighted by atomic mass is 16.5. The minimum atomic E-state index is -0.435. The number of esters is 1. The molecule has 1 aromatic rings. The van der Waals surface area contributed by atoms with Gasteiger partial charge < -0.3 is 15.2 Å². The van der Waals surface area contributed by atoms with Crippen LogP contribution in [0, 0.1) is 11.8 Å². The largest absolute Gasteiger partial charge is 0.508 e. The first-order valence-electron chi connectivity index (χ1n) is 6.22. The minimum absolute atomic E-state index is 0.0844. The minimum Gasteiger partial charge on any atom is -0.508 e. The number of hydrogen-bond donors (Lipinski definition) is 2. The Hall–Kier alpha value is -2.04. The lowest BCUT2D eigenvalue weighted by Gasteiger charge is -2.27. The molecule has 0 radical (unpaired) electrons. The molecule has 1 fully saturated rings. The lowest BCUT2D eigenvalue weighted by Crippen LogP contribution is -2.41. The van der Waals surface area contributed by atoms with E-state index in [9.17, 15) is 14.7 Å². The van der Waals surface area contributed by atoms with E-state index >= 15 is 0 Å². The van der Waals surface area contributed by atoms with Gasteiger partial charge in [-0.05, 0) is 29.7 Å². The summed E-state index contributed by atoms with van der Waals surface area (Å²) < 4.78 is 4.83. The van der Waals surface area contributed by atoms with E-state index in [1.54, 1.807) is 12.1 Å². The Morgan fingerprint density at radius 1 is 1.53 bits per heavy atom. The zero-order valence-corrected chi connectivity index (χ0v) is 10.8. The summed E-state index contributed by atoms with van der Waals surface area (Å²) in [5.74, 6) is -0.503. The molecule has 1 aliphatic heterocycles. The van der Waals surface area contributed by atoms with Crippen molar-refractivity contribution < 1.29 is 19.4 Å². The zero-order valence-electron chi connectivity index (χ0n) is 10.8. The molecule has 5 heteroatoms. The van der Waals surface area contributed by atoms with Gasteiger partial charge in [0.1, 0.15) is 5.75 Å². The zero-order chi connectivity index (χ0) is 13.8. The number of methoxy groups -OCH3 is 1. The van der Waals surface area contributed by atoms with Gasteiger partial charge in [0.25, 0.3) is 5.91 Å². The van der Waals surface area contributed by atoms with Crippen molar-refractivity contribution in [1.82, 2.24) is 5.32 Å². The first-order valence-corrected chi connectivity index (χ1v) is 6.22. The molecule has 1 amide bonds. The summed E-state index contributed by atoms with van der Waals surface area (Å²) in [7, 11) is 1.37. The Balaban J connectivity index is 2.12. The number of hydrogen-bond acceptors (Lipinski definition) is 4. The maximum absolute atomic E-state index is 11.9. The van der Waals surface area contributed by atoms with Crippen molar-refractivity contribution in [1.29, 1.82) is 0 Å². The van der Waals surface area contributed by atoms with Gasteiger partial charge >= 0.3 is 5.97 Å². The Morgan fingerprint density at radius 3 is 2.95 bits per heavy atom. The van der Waals surface area contributed by atoms with Crippen molar-refractivity contribution in [3.63, 3.8) is 0 Å². The molecule has 1 saturated carbocycles. The number of aromatic hydroxyl groups is 1. The monoisotopic (exact) mass is 261 g/mol. The summed E-state index contributed by atoms with van der Waals surface area (Å²) in [4.78, 5) is 23.7. The average Bonchev–Trinajstić information content (AvgIpc) is 2.99. The van der Waals surface area contributed by atoms with Crippen LogP contribution in [-0.2, 0) is 14.9 Å². The smallest absolute Gasteiger partial charge is 0.309 e. The molecular weight excluding hydrogens is 246 g/mol. The van der Waals surface area contributed by atoms with Gasteiger partial charge in [-0.2, -0.15) is 0 Å². The molecule has 100 valence electrons. The van der Waals surface area contributed by atoms with Crippen LogP contribution in [0.15, 0.2) is 18.2 Å². The standard InChI is InChI=1S/C14H15NO4/c1-7-11(13(18)19-2)14(7)6-15-12(17)9-4-3-8(16)5-10(9)14/h3-5,7,11,16H,6H2,1-2H3,(H,15,17). The second kappa shape index (κ2) is 3.73. The van der Waals surface area contributed by atoms with Crippen LogP contribution in [0.25, 0.3) is 0 Å². The predicted molar refractivity (Wildman–Crippen MR) is 66.8 cm³/mol. The molecule has 5 nitrogen and oxygen atoms in total. The fraction of sp³-hybridized carbons (Fsp3) is 0.429. The number of ether oxygens (including phenoxy) is 1. The number of benzene rings is 1. The van der Waals surface area contributed by atoms with Gasteiger partial charge in [-0.25, -0.2) is 0 Å². The summed E-state index contributed by atoms with van der Waals surface area (Å²) >= 11 is 0. The third kappa shape index (κ3) is 1.41. The molecule has 3 rings (SSSR count). The van der Waals surface area contributed by atoms with E-state index in [-0.39, 0.29) is 29.5 Å². The van der Waals surface area contributed by atoms with E-state index in [4.69, 9.17) is 4.74 Å². The molecule has 0 aromatic heterocycles. The Bertz CT molecular complexity index is 583. The number of amides is 1. The number of carbonyl (C=O) groups excluding carboxylic acids is 2. The van der Waals surface area contributed by atoms with Gasteiger partial charge in [-0.1, -0.05) is 6.92 Å². The molecule has 0 bridgehead atoms. The molecule has 1 spiro atoms. The molecule has 19 heavy (non-hydrogen) atoms. The van der Waals surface area contributed by atoms with Gasteiger partial charge in [0, 0.05) is 17.5 Å². The van der Waals surface area contributed by atoms with Crippen molar-refractivity contribution in [3.05, 3.63) is 29.3 Å². The number of fused-ring (bicyclic) bond motifs is 2. The Kier molecular flexibility index (Phi) is 2.36. The summed E-state index contributed by atoms with van der Waals surface area (Å²) in [5.41, 5.74) is 0.844. The summed E-state index contributed by atoms with van der Waals surface area (Å²) in [5, 5.41) is 12.5. The van der Waals surface area contributed by atoms with Crippen molar-refractivity contribution in [2.24, 2.45) is 11.8 Å². The summed E-state index contributed by atoms with van der Waals surface area (Å²) in [6, 6.07) is 4.67. The van der Waals surface area contributed by atoms with Crippen LogP contribution < -0.4 is 5.32 Å². The lowest BCUT2D eigenvalue weighted by molar-refractivity contribution is -0.143. The summed E-state index contributed by atoms with van der Waals surface area (Å²) in [6.07, 6.45) is 0. The molecule has 3 atom stereocenters. The van der Waals surface area contributed by atoms with Crippen LogP contribution in [0.2, 0.25) is 0 Å². The molecule has 1 aromatic carbocycles. The number of carbonyl (C=O) groups is 2. The van der Waals surface area contributed by atoms with E-state index in [1.807, 2.05) is 6.92 Å². The van der Waals surface area contributed by atoms with Gasteiger partial charge in [-0.15, -0.1) is 0 Å². The topological polar surface area (TPSA) is 75.6 Å². The molecule has 0 saturated heterocycles. The normalized spacial score (nSPS) is 31.6. The highest BCUT2D eigenvalue weighted by molar-refractivity contribution is 5.99. The van der Waals surface area contributed by atoms with E-state index in [0.717, 1.165) is 5.56 Å². The van der Waals surface area contributed by atoms with Crippen LogP contribution in [0.4, 0.5) is 0 Å². The molecule has 3 unspecified atom stereocenters. The van der Waals surface area contributed by atoms with Crippen molar-refractivity contribution >= 4 is 11.9 Å². The molecule has 1 aliphatic carbocycles. The second-order valence-electron chi connectivity index (χ2n) is 5.24. The van der Waals surface area contributed by atoms with Crippen molar-refractivity contribution in [2.75, 3.05) is 13.7 Å². The highest BCUT2D eigenvalue weighted by Gasteiger charge is 2.69. The quantitative estimate of drug-likeness (QED) is 0.734. The van der Waals surface area contributed by atoms with Crippen LogP contribution in [-0.4, -0.2) is 30.6 Å². The van der Waals surface area contributed by atoms with Gasteiger partial charge in [0.15, 0.2) is 0 Å². The Morgan fingerprint density at radius 2 is 2.26 bits per heavy atom. The molecule has 1 heterocycles. The van der Waals surface area contributed by atoms with E-state index < -0.39 is 5.41 Å². The van der Waals surface area contributed by atoms with Crippen LogP contribution >= 0.6 is 0 Å². The summed E-state index contributed by atoms with van der Waals surface area (Å²) in [6.45, 7) is 2.37. The first-order chi connectivity index (χ1) is 9.02. The van der Waals surface area contributed by atoms with Crippen molar-refractivity contribution in [2.45, 2.75) is 12.3 Å². The van der Waals surface area contributed by atoms with Crippen LogP contribution in [0.3, 0.4) is 0 Å². The highest BCUT2D eigenvalue weighted by Crippen LogP contribution is 2.61. The first kappa shape index (κ1) is 12.0. The van der Waals surface area contributed by atoms with E-state index in [0.29, 0.717) is 12.1 Å². The number of rotatable bonds is 1. The third-order valence-corrected chi connectivity index (χ3v) is 4.50. The fourth-order valence-electron chi connectivity index (χ4n) is 3.39. The number of phenols is 1. The maximum Gasteiger partial charge on any atom is 0.309 e. The van der Waals surface area contributed by atoms with E-state index in [1.165, 1.54) is 13.2 Å². The number of nitrogens with one attached hydrogen (secondary N) is 1. The maximum atomic E-state index is 11.9. The number of phenolic OH excluding ortho intramolecular Hbond substituents is 1. The predicted octanol–water partition coefficient (Wildman–Crippen LogP) is 0.812. The third-order valence-electron chi connectivity index (χ3n) is 4.50. The van der Waals surface area contributed by atoms with Crippen LogP contribution in [0.1, 0.15) is 22.8 Å². The molecule has 2 aliphatic rings. The SMILES string of the molecule is COC(=O)C1C(C)C12CNC(=O)c1ccc(O)cc12. The molecular formula is C14H15NO4. The fourth-order valence-corrected chi connectivity index (χ4v) is 3.39. The van der Waals surface area contributed by atoms with Crippen molar-refractivity contribution in [3.8, 4) is 5.75 Å². The lowest BCUT2D eigenvalue weighted by atomic mass is 9.84. The van der Waals surface area contributed by atoms with Crippen LogP contribution in [0.5, 0.6) is 5.75 Å². The second-order valence-corrected chi connectivity index (χ2v) is 5.24. The van der Waals surface area contributed by atoms with Gasteiger partial charge in [0.2, 0.25) is 0 Å². The average molecular weight is 261 g/mol. The van der Waals surface area contributed by atoms with Gasteiger partial charge in [0.05, 0.1) is 13.0 Å². The Labute approximate surface area is 110 Å².